The molecule has 2 N–H and O–H groups in total. The third-order valence-electron chi connectivity index (χ3n) is 5.93. The first-order valence-corrected chi connectivity index (χ1v) is 11.7. The standard InChI is InChI=1S/C26H25N3O2S/c1-16-8-3-5-10-18(16)24-19(14-27)26(29-21-12-7-13-22(30)25(21)24)32-15-23(31)28-20-11-6-4-9-17(20)2/h3-6,8-11,24,29H,7,12-13,15H2,1-2H3,(H,28,31)/t24-/m1/s1. The van der Waals surface area contributed by atoms with Crippen molar-refractivity contribution >= 4 is 29.1 Å². The van der Waals surface area contributed by atoms with Crippen LogP contribution in [0.4, 0.5) is 5.69 Å². The fourth-order valence-corrected chi connectivity index (χ4v) is 5.16. The average molecular weight is 444 g/mol. The Balaban J connectivity index is 1.64. The Hall–Kier alpha value is -3.30. The largest absolute Gasteiger partial charge is 0.352 e. The van der Waals surface area contributed by atoms with Gasteiger partial charge in [-0.3, -0.25) is 9.59 Å². The third kappa shape index (κ3) is 4.35. The number of anilines is 1. The minimum Gasteiger partial charge on any atom is -0.352 e. The normalized spacial score (nSPS) is 18.0. The number of amides is 1. The van der Waals surface area contributed by atoms with Gasteiger partial charge < -0.3 is 10.6 Å². The summed E-state index contributed by atoms with van der Waals surface area (Å²) in [7, 11) is 0. The van der Waals surface area contributed by atoms with Crippen molar-refractivity contribution in [3.8, 4) is 6.07 Å². The van der Waals surface area contributed by atoms with E-state index in [0.717, 1.165) is 40.9 Å². The zero-order valence-corrected chi connectivity index (χ0v) is 19.0. The van der Waals surface area contributed by atoms with Gasteiger partial charge in [0.15, 0.2) is 5.78 Å². The first kappa shape index (κ1) is 21.9. The quantitative estimate of drug-likeness (QED) is 0.671. The molecule has 0 bridgehead atoms. The molecule has 0 unspecified atom stereocenters. The van der Waals surface area contributed by atoms with Crippen LogP contribution < -0.4 is 10.6 Å². The van der Waals surface area contributed by atoms with E-state index >= 15 is 0 Å². The van der Waals surface area contributed by atoms with Crippen LogP contribution in [0.1, 0.15) is 41.9 Å². The minimum atomic E-state index is -0.396. The van der Waals surface area contributed by atoms with Crippen LogP contribution in [0.5, 0.6) is 0 Å². The molecule has 162 valence electrons. The van der Waals surface area contributed by atoms with Crippen molar-refractivity contribution in [1.29, 1.82) is 5.26 Å². The molecule has 1 heterocycles. The van der Waals surface area contributed by atoms with Crippen LogP contribution in [0.3, 0.4) is 0 Å². The van der Waals surface area contributed by atoms with Gasteiger partial charge in [-0.25, -0.2) is 0 Å². The lowest BCUT2D eigenvalue weighted by Gasteiger charge is -2.33. The van der Waals surface area contributed by atoms with Gasteiger partial charge in [0.1, 0.15) is 0 Å². The first-order chi connectivity index (χ1) is 15.5. The van der Waals surface area contributed by atoms with E-state index in [1.807, 2.05) is 62.4 Å². The molecule has 2 aromatic carbocycles. The molecule has 5 nitrogen and oxygen atoms in total. The van der Waals surface area contributed by atoms with Crippen LogP contribution in [0.15, 0.2) is 70.4 Å². The molecule has 0 spiro atoms. The Bertz CT molecular complexity index is 1190. The van der Waals surface area contributed by atoms with Gasteiger partial charge in [-0.2, -0.15) is 5.26 Å². The maximum Gasteiger partial charge on any atom is 0.234 e. The predicted molar refractivity (Wildman–Crippen MR) is 128 cm³/mol. The van der Waals surface area contributed by atoms with E-state index < -0.39 is 5.92 Å². The van der Waals surface area contributed by atoms with E-state index in [4.69, 9.17) is 0 Å². The molecule has 1 atom stereocenters. The van der Waals surface area contributed by atoms with Gasteiger partial charge in [0.05, 0.1) is 28.3 Å². The van der Waals surface area contributed by atoms with Gasteiger partial charge >= 0.3 is 0 Å². The molecule has 1 amide bonds. The Labute approximate surface area is 192 Å². The second-order valence-corrected chi connectivity index (χ2v) is 9.08. The summed E-state index contributed by atoms with van der Waals surface area (Å²) < 4.78 is 0. The smallest absolute Gasteiger partial charge is 0.234 e. The Morgan fingerprint density at radius 1 is 1.12 bits per heavy atom. The highest BCUT2D eigenvalue weighted by Crippen LogP contribution is 2.44. The summed E-state index contributed by atoms with van der Waals surface area (Å²) in [6.07, 6.45) is 2.06. The SMILES string of the molecule is Cc1ccccc1NC(=O)CSC1=C(C#N)[C@@H](c2ccccc2C)C2=C(CCCC2=O)N1. The van der Waals surface area contributed by atoms with Crippen LogP contribution in [0, 0.1) is 25.2 Å². The number of hydrogen-bond acceptors (Lipinski definition) is 5. The van der Waals surface area contributed by atoms with E-state index in [9.17, 15) is 14.9 Å². The fraction of sp³-hybridized carbons (Fsp3) is 0.269. The molecule has 0 radical (unpaired) electrons. The van der Waals surface area contributed by atoms with Crippen molar-refractivity contribution in [2.24, 2.45) is 0 Å². The highest BCUT2D eigenvalue weighted by molar-refractivity contribution is 8.03. The molecular formula is C26H25N3O2S. The van der Waals surface area contributed by atoms with Gasteiger partial charge in [-0.1, -0.05) is 54.2 Å². The van der Waals surface area contributed by atoms with Crippen LogP contribution >= 0.6 is 11.8 Å². The van der Waals surface area contributed by atoms with Crippen LogP contribution in [-0.2, 0) is 9.59 Å². The molecule has 32 heavy (non-hydrogen) atoms. The molecule has 2 aliphatic rings. The van der Waals surface area contributed by atoms with Crippen molar-refractivity contribution in [1.82, 2.24) is 5.32 Å². The molecule has 6 heteroatoms. The average Bonchev–Trinajstić information content (AvgIpc) is 2.79. The number of nitrogens with zero attached hydrogens (tertiary/aromatic N) is 1. The second-order valence-electron chi connectivity index (χ2n) is 8.09. The van der Waals surface area contributed by atoms with Crippen LogP contribution in [0.25, 0.3) is 0 Å². The predicted octanol–water partition coefficient (Wildman–Crippen LogP) is 5.10. The molecule has 0 fully saturated rings. The fourth-order valence-electron chi connectivity index (χ4n) is 4.30. The van der Waals surface area contributed by atoms with Crippen molar-refractivity contribution < 1.29 is 9.59 Å². The van der Waals surface area contributed by atoms with Gasteiger partial charge in [0.25, 0.3) is 0 Å². The third-order valence-corrected chi connectivity index (χ3v) is 6.95. The van der Waals surface area contributed by atoms with Crippen LogP contribution in [-0.4, -0.2) is 17.4 Å². The van der Waals surface area contributed by atoms with Gasteiger partial charge in [0, 0.05) is 23.4 Å². The summed E-state index contributed by atoms with van der Waals surface area (Å²) in [5, 5.41) is 17.0. The second kappa shape index (κ2) is 9.46. The summed E-state index contributed by atoms with van der Waals surface area (Å²) in [5.74, 6) is -0.269. The Kier molecular flexibility index (Phi) is 6.48. The number of Topliss-reactive ketones (excluding diaryl/α,β-unsaturated/α-hetero) is 1. The number of rotatable bonds is 5. The molecule has 1 aliphatic carbocycles. The minimum absolute atomic E-state index is 0.0982. The first-order valence-electron chi connectivity index (χ1n) is 10.7. The van der Waals surface area contributed by atoms with E-state index in [-0.39, 0.29) is 17.4 Å². The number of allylic oxidation sites excluding steroid dienone is 3. The molecule has 0 aromatic heterocycles. The number of ketones is 1. The summed E-state index contributed by atoms with van der Waals surface area (Å²) in [6.45, 7) is 3.95. The van der Waals surface area contributed by atoms with E-state index in [0.29, 0.717) is 22.6 Å². The summed E-state index contributed by atoms with van der Waals surface area (Å²) in [5.41, 5.74) is 5.88. The molecule has 4 rings (SSSR count). The highest BCUT2D eigenvalue weighted by Gasteiger charge is 2.37. The Morgan fingerprint density at radius 3 is 2.56 bits per heavy atom. The molecule has 2 aromatic rings. The van der Waals surface area contributed by atoms with E-state index in [2.05, 4.69) is 16.7 Å². The van der Waals surface area contributed by atoms with Gasteiger partial charge in [0.2, 0.25) is 5.91 Å². The van der Waals surface area contributed by atoms with Crippen molar-refractivity contribution in [3.63, 3.8) is 0 Å². The molecule has 0 saturated heterocycles. The van der Waals surface area contributed by atoms with Gasteiger partial charge in [-0.15, -0.1) is 0 Å². The number of nitrogens with one attached hydrogen (secondary N) is 2. The molecule has 1 aliphatic heterocycles. The van der Waals surface area contributed by atoms with Gasteiger partial charge in [-0.05, 0) is 49.4 Å². The number of carbonyl (C=O) groups is 2. The number of nitriles is 1. The van der Waals surface area contributed by atoms with Crippen molar-refractivity contribution in [2.45, 2.75) is 39.0 Å². The zero-order chi connectivity index (χ0) is 22.7. The molecular weight excluding hydrogens is 418 g/mol. The number of para-hydroxylation sites is 1. The Morgan fingerprint density at radius 2 is 1.84 bits per heavy atom. The van der Waals surface area contributed by atoms with E-state index in [1.54, 1.807) is 0 Å². The number of dihydropyridines is 1. The summed E-state index contributed by atoms with van der Waals surface area (Å²) in [6, 6.07) is 17.9. The lowest BCUT2D eigenvalue weighted by Crippen LogP contribution is -2.32. The van der Waals surface area contributed by atoms with Crippen molar-refractivity contribution in [2.75, 3.05) is 11.1 Å². The topological polar surface area (TPSA) is 82.0 Å². The number of hydrogen-bond donors (Lipinski definition) is 2. The summed E-state index contributed by atoms with van der Waals surface area (Å²) >= 11 is 1.31. The zero-order valence-electron chi connectivity index (χ0n) is 18.2. The van der Waals surface area contributed by atoms with E-state index in [1.165, 1.54) is 11.8 Å². The highest BCUT2D eigenvalue weighted by atomic mass is 32.2. The lowest BCUT2D eigenvalue weighted by atomic mass is 9.76. The molecule has 0 saturated carbocycles. The number of benzene rings is 2. The number of aryl methyl sites for hydroxylation is 2. The maximum atomic E-state index is 12.9. The number of thioether (sulfide) groups is 1. The monoisotopic (exact) mass is 443 g/mol. The maximum absolute atomic E-state index is 12.9. The van der Waals surface area contributed by atoms with Crippen LogP contribution in [0.2, 0.25) is 0 Å². The number of carbonyl (C=O) groups excluding carboxylic acids is 2. The lowest BCUT2D eigenvalue weighted by molar-refractivity contribution is -0.116. The van der Waals surface area contributed by atoms with Crippen molar-refractivity contribution in [3.05, 3.63) is 87.1 Å². The summed E-state index contributed by atoms with van der Waals surface area (Å²) in [4.78, 5) is 25.5.